The van der Waals surface area contributed by atoms with Gasteiger partial charge in [0, 0.05) is 13.1 Å². The molecule has 0 spiro atoms. The van der Waals surface area contributed by atoms with E-state index >= 15 is 0 Å². The van der Waals surface area contributed by atoms with Gasteiger partial charge in [0.2, 0.25) is 11.8 Å². The van der Waals surface area contributed by atoms with E-state index in [2.05, 4.69) is 5.32 Å². The van der Waals surface area contributed by atoms with Gasteiger partial charge < -0.3 is 10.2 Å². The first-order chi connectivity index (χ1) is 18.6. The lowest BCUT2D eigenvalue weighted by Gasteiger charge is -2.33. The molecule has 0 bridgehead atoms. The van der Waals surface area contributed by atoms with Crippen LogP contribution in [-0.4, -0.2) is 44.3 Å². The Labute approximate surface area is 230 Å². The smallest absolute Gasteiger partial charge is 0.264 e. The maximum Gasteiger partial charge on any atom is 0.264 e. The van der Waals surface area contributed by atoms with E-state index in [1.165, 1.54) is 35.2 Å². The number of nitrogens with zero attached hydrogens (tertiary/aromatic N) is 2. The van der Waals surface area contributed by atoms with Crippen molar-refractivity contribution in [1.82, 2.24) is 10.2 Å². The Kier molecular flexibility index (Phi) is 10.2. The molecule has 2 amide bonds. The summed E-state index contributed by atoms with van der Waals surface area (Å²) in [5.74, 6) is -1.51. The van der Waals surface area contributed by atoms with Gasteiger partial charge >= 0.3 is 0 Å². The lowest BCUT2D eigenvalue weighted by atomic mass is 10.1. The average Bonchev–Trinajstić information content (AvgIpc) is 2.92. The van der Waals surface area contributed by atoms with Gasteiger partial charge in [-0.05, 0) is 54.7 Å². The van der Waals surface area contributed by atoms with Gasteiger partial charge in [-0.2, -0.15) is 0 Å². The number of aryl methyl sites for hydroxylation is 1. The monoisotopic (exact) mass is 553 g/mol. The molecular formula is C30H36FN3O4S. The van der Waals surface area contributed by atoms with Gasteiger partial charge in [-0.25, -0.2) is 12.8 Å². The Morgan fingerprint density at radius 2 is 1.54 bits per heavy atom. The van der Waals surface area contributed by atoms with E-state index < -0.39 is 34.3 Å². The van der Waals surface area contributed by atoms with E-state index in [4.69, 9.17) is 0 Å². The zero-order valence-corrected chi connectivity index (χ0v) is 23.6. The minimum absolute atomic E-state index is 0.0757. The van der Waals surface area contributed by atoms with Crippen LogP contribution in [0.3, 0.4) is 0 Å². The molecule has 0 aliphatic carbocycles. The maximum absolute atomic E-state index is 15.0. The highest BCUT2D eigenvalue weighted by Crippen LogP contribution is 2.27. The molecule has 1 N–H and O–H groups in total. The third kappa shape index (κ3) is 7.44. The molecule has 0 aliphatic rings. The van der Waals surface area contributed by atoms with Crippen molar-refractivity contribution in [1.29, 1.82) is 0 Å². The summed E-state index contributed by atoms with van der Waals surface area (Å²) in [5, 5.41) is 2.89. The molecule has 208 valence electrons. The van der Waals surface area contributed by atoms with Gasteiger partial charge in [0.25, 0.3) is 10.0 Å². The highest BCUT2D eigenvalue weighted by molar-refractivity contribution is 7.92. The Morgan fingerprint density at radius 1 is 0.923 bits per heavy atom. The number of carbonyl (C=O) groups excluding carboxylic acids is 2. The third-order valence-corrected chi connectivity index (χ3v) is 8.18. The van der Waals surface area contributed by atoms with E-state index in [1.54, 1.807) is 25.1 Å². The van der Waals surface area contributed by atoms with E-state index in [0.29, 0.717) is 13.0 Å². The molecule has 0 unspecified atom stereocenters. The number of anilines is 1. The Hall–Kier alpha value is -3.72. The molecule has 0 aliphatic heterocycles. The molecule has 39 heavy (non-hydrogen) atoms. The fourth-order valence-corrected chi connectivity index (χ4v) is 5.64. The van der Waals surface area contributed by atoms with Crippen LogP contribution in [0.5, 0.6) is 0 Å². The van der Waals surface area contributed by atoms with Crippen molar-refractivity contribution in [2.75, 3.05) is 17.4 Å². The molecule has 7 nitrogen and oxygen atoms in total. The van der Waals surface area contributed by atoms with Gasteiger partial charge in [-0.3, -0.25) is 13.9 Å². The minimum Gasteiger partial charge on any atom is -0.354 e. The van der Waals surface area contributed by atoms with Crippen molar-refractivity contribution in [3.8, 4) is 0 Å². The van der Waals surface area contributed by atoms with E-state index in [-0.39, 0.29) is 29.0 Å². The van der Waals surface area contributed by atoms with E-state index in [1.807, 2.05) is 45.0 Å². The summed E-state index contributed by atoms with van der Waals surface area (Å²) < 4.78 is 43.2. The number of benzene rings is 3. The van der Waals surface area contributed by atoms with Crippen LogP contribution < -0.4 is 9.62 Å². The number of para-hydroxylation sites is 1. The summed E-state index contributed by atoms with van der Waals surface area (Å²) in [4.78, 5) is 28.5. The Bertz CT molecular complexity index is 1380. The predicted molar refractivity (Wildman–Crippen MR) is 151 cm³/mol. The molecule has 9 heteroatoms. The van der Waals surface area contributed by atoms with E-state index in [0.717, 1.165) is 21.5 Å². The third-order valence-electron chi connectivity index (χ3n) is 6.40. The molecule has 0 fully saturated rings. The number of sulfonamides is 1. The van der Waals surface area contributed by atoms with Gasteiger partial charge in [0.15, 0.2) is 0 Å². The first kappa shape index (κ1) is 29.8. The summed E-state index contributed by atoms with van der Waals surface area (Å²) in [5.41, 5.74) is 1.50. The second-order valence-corrected chi connectivity index (χ2v) is 11.6. The maximum atomic E-state index is 15.0. The molecule has 0 heterocycles. The van der Waals surface area contributed by atoms with Crippen molar-refractivity contribution in [3.05, 3.63) is 95.8 Å². The summed E-state index contributed by atoms with van der Waals surface area (Å²) >= 11 is 0. The SMILES string of the molecule is CC[C@H](C(=O)NCC(C)C)N(Cc1ccccc1C)C(=O)CN(c1ccccc1F)S(=O)(=O)c1ccccc1. The van der Waals surface area contributed by atoms with Crippen molar-refractivity contribution < 1.29 is 22.4 Å². The van der Waals surface area contributed by atoms with Crippen molar-refractivity contribution >= 4 is 27.5 Å². The van der Waals surface area contributed by atoms with Crippen molar-refractivity contribution in [3.63, 3.8) is 0 Å². The molecule has 0 aromatic heterocycles. The fraction of sp³-hybridized carbons (Fsp3) is 0.333. The second kappa shape index (κ2) is 13.4. The molecule has 1 atom stereocenters. The van der Waals surface area contributed by atoms with Gasteiger partial charge in [0.05, 0.1) is 10.6 Å². The number of hydrogen-bond donors (Lipinski definition) is 1. The highest BCUT2D eigenvalue weighted by Gasteiger charge is 2.34. The summed E-state index contributed by atoms with van der Waals surface area (Å²) in [7, 11) is -4.32. The molecular weight excluding hydrogens is 517 g/mol. The highest BCUT2D eigenvalue weighted by atomic mass is 32.2. The summed E-state index contributed by atoms with van der Waals surface area (Å²) in [6.07, 6.45) is 0.312. The number of rotatable bonds is 12. The number of amides is 2. The number of nitrogens with one attached hydrogen (secondary N) is 1. The van der Waals surface area contributed by atoms with Crippen LogP contribution in [0.25, 0.3) is 0 Å². The number of halogens is 1. The van der Waals surface area contributed by atoms with Crippen molar-refractivity contribution in [2.24, 2.45) is 5.92 Å². The minimum atomic E-state index is -4.32. The van der Waals surface area contributed by atoms with E-state index in [9.17, 15) is 22.4 Å². The molecule has 3 rings (SSSR count). The topological polar surface area (TPSA) is 86.8 Å². The van der Waals surface area contributed by atoms with Crippen LogP contribution in [0, 0.1) is 18.7 Å². The van der Waals surface area contributed by atoms with Crippen LogP contribution in [0.2, 0.25) is 0 Å². The lowest BCUT2D eigenvalue weighted by Crippen LogP contribution is -2.52. The van der Waals surface area contributed by atoms with Crippen LogP contribution in [-0.2, 0) is 26.2 Å². The fourth-order valence-electron chi connectivity index (χ4n) is 4.20. The molecule has 0 radical (unpaired) electrons. The Morgan fingerprint density at radius 3 is 2.15 bits per heavy atom. The van der Waals surface area contributed by atoms with Gasteiger partial charge in [0.1, 0.15) is 18.4 Å². The second-order valence-electron chi connectivity index (χ2n) is 9.79. The number of hydrogen-bond acceptors (Lipinski definition) is 4. The first-order valence-corrected chi connectivity index (χ1v) is 14.4. The standard InChI is InChI=1S/C30H36FN3O4S/c1-5-27(30(36)32-19-22(2)3)33(20-24-14-10-9-13-23(24)4)29(35)21-34(28-18-12-11-17-26(28)31)39(37,38)25-15-7-6-8-16-25/h6-18,22,27H,5,19-21H2,1-4H3,(H,32,36)/t27-/m1/s1. The zero-order valence-electron chi connectivity index (χ0n) is 22.8. The Balaban J connectivity index is 2.06. The zero-order chi connectivity index (χ0) is 28.6. The van der Waals surface area contributed by atoms with Gasteiger partial charge in [-0.1, -0.05) is 75.4 Å². The average molecular weight is 554 g/mol. The van der Waals surface area contributed by atoms with Crippen LogP contribution in [0.1, 0.15) is 38.3 Å². The molecule has 3 aromatic carbocycles. The van der Waals surface area contributed by atoms with Gasteiger partial charge in [-0.15, -0.1) is 0 Å². The largest absolute Gasteiger partial charge is 0.354 e. The van der Waals surface area contributed by atoms with Crippen molar-refractivity contribution in [2.45, 2.75) is 51.6 Å². The predicted octanol–water partition coefficient (Wildman–Crippen LogP) is 4.91. The molecule has 3 aromatic rings. The van der Waals surface area contributed by atoms with Crippen LogP contribution in [0.4, 0.5) is 10.1 Å². The first-order valence-electron chi connectivity index (χ1n) is 13.0. The normalized spacial score (nSPS) is 12.2. The molecule has 0 saturated heterocycles. The van der Waals surface area contributed by atoms with Crippen LogP contribution >= 0.6 is 0 Å². The lowest BCUT2D eigenvalue weighted by molar-refractivity contribution is -0.140. The number of carbonyl (C=O) groups is 2. The van der Waals surface area contributed by atoms with Crippen LogP contribution in [0.15, 0.2) is 83.8 Å². The summed E-state index contributed by atoms with van der Waals surface area (Å²) in [6, 6.07) is 19.7. The quantitative estimate of drug-likeness (QED) is 0.345. The summed E-state index contributed by atoms with van der Waals surface area (Å²) in [6.45, 7) is 7.49. The molecule has 0 saturated carbocycles.